The third-order valence-corrected chi connectivity index (χ3v) is 3.82. The van der Waals surface area contributed by atoms with Gasteiger partial charge in [-0.25, -0.2) is 0 Å². The zero-order valence-corrected chi connectivity index (χ0v) is 11.2. The summed E-state index contributed by atoms with van der Waals surface area (Å²) in [6, 6.07) is 0. The summed E-state index contributed by atoms with van der Waals surface area (Å²) in [5.74, 6) is 1.79. The highest BCUT2D eigenvalue weighted by Crippen LogP contribution is 2.32. The zero-order chi connectivity index (χ0) is 11.2. The Morgan fingerprint density at radius 2 is 1.50 bits per heavy atom. The highest BCUT2D eigenvalue weighted by Gasteiger charge is 2.19. The van der Waals surface area contributed by atoms with Crippen LogP contribution in [0.15, 0.2) is 0 Å². The van der Waals surface area contributed by atoms with E-state index in [2.05, 4.69) is 41.5 Å². The third-order valence-electron chi connectivity index (χ3n) is 3.82. The molecule has 0 heteroatoms. The summed E-state index contributed by atoms with van der Waals surface area (Å²) < 4.78 is 0. The summed E-state index contributed by atoms with van der Waals surface area (Å²) in [4.78, 5) is 0. The van der Waals surface area contributed by atoms with Crippen molar-refractivity contribution in [3.05, 3.63) is 0 Å². The Kier molecular flexibility index (Phi) is 6.48. The lowest BCUT2D eigenvalue weighted by molar-refractivity contribution is 0.246. The van der Waals surface area contributed by atoms with E-state index in [1.165, 1.54) is 32.1 Å². The second-order valence-corrected chi connectivity index (χ2v) is 5.82. The SMILES string of the molecule is CCCC(C)(C)CCC(C)C(C)CC. The molecule has 0 amide bonds. The van der Waals surface area contributed by atoms with Gasteiger partial charge in [0.1, 0.15) is 0 Å². The van der Waals surface area contributed by atoms with Crippen LogP contribution in [0.3, 0.4) is 0 Å². The van der Waals surface area contributed by atoms with Gasteiger partial charge in [0.2, 0.25) is 0 Å². The van der Waals surface area contributed by atoms with Crippen LogP contribution in [0, 0.1) is 17.3 Å². The van der Waals surface area contributed by atoms with Gasteiger partial charge in [-0.15, -0.1) is 0 Å². The molecule has 14 heavy (non-hydrogen) atoms. The zero-order valence-electron chi connectivity index (χ0n) is 11.2. The van der Waals surface area contributed by atoms with Gasteiger partial charge in [0.15, 0.2) is 0 Å². The largest absolute Gasteiger partial charge is 0.0654 e. The van der Waals surface area contributed by atoms with Gasteiger partial charge in [-0.1, -0.05) is 54.4 Å². The first-order valence-electron chi connectivity index (χ1n) is 6.43. The van der Waals surface area contributed by atoms with Gasteiger partial charge < -0.3 is 0 Å². The maximum absolute atomic E-state index is 2.42. The van der Waals surface area contributed by atoms with Gasteiger partial charge in [-0.3, -0.25) is 0 Å². The van der Waals surface area contributed by atoms with Crippen LogP contribution in [0.5, 0.6) is 0 Å². The van der Waals surface area contributed by atoms with Gasteiger partial charge in [0.25, 0.3) is 0 Å². The molecule has 0 saturated carbocycles. The fraction of sp³-hybridized carbons (Fsp3) is 1.00. The molecule has 0 fully saturated rings. The quantitative estimate of drug-likeness (QED) is 0.522. The summed E-state index contributed by atoms with van der Waals surface area (Å²) in [5, 5.41) is 0. The normalized spacial score (nSPS) is 16.7. The fourth-order valence-corrected chi connectivity index (χ4v) is 2.11. The number of hydrogen-bond donors (Lipinski definition) is 0. The molecule has 0 heterocycles. The smallest absolute Gasteiger partial charge is 0.0354 e. The van der Waals surface area contributed by atoms with E-state index in [1.807, 2.05) is 0 Å². The Labute approximate surface area is 91.5 Å². The molecule has 0 radical (unpaired) electrons. The lowest BCUT2D eigenvalue weighted by atomic mass is 9.79. The van der Waals surface area contributed by atoms with E-state index < -0.39 is 0 Å². The number of hydrogen-bond acceptors (Lipinski definition) is 0. The van der Waals surface area contributed by atoms with Gasteiger partial charge >= 0.3 is 0 Å². The van der Waals surface area contributed by atoms with Crippen LogP contribution in [-0.2, 0) is 0 Å². The minimum absolute atomic E-state index is 0.566. The van der Waals surface area contributed by atoms with Crippen LogP contribution >= 0.6 is 0 Å². The predicted molar refractivity (Wildman–Crippen MR) is 66.5 cm³/mol. The van der Waals surface area contributed by atoms with Gasteiger partial charge in [0, 0.05) is 0 Å². The van der Waals surface area contributed by atoms with Crippen LogP contribution < -0.4 is 0 Å². The van der Waals surface area contributed by atoms with E-state index in [9.17, 15) is 0 Å². The van der Waals surface area contributed by atoms with Crippen molar-refractivity contribution in [2.24, 2.45) is 17.3 Å². The van der Waals surface area contributed by atoms with E-state index in [4.69, 9.17) is 0 Å². The average Bonchev–Trinajstić information content (AvgIpc) is 2.13. The topological polar surface area (TPSA) is 0 Å². The van der Waals surface area contributed by atoms with Crippen LogP contribution in [0.2, 0.25) is 0 Å². The molecule has 0 N–H and O–H groups in total. The lowest BCUT2D eigenvalue weighted by Gasteiger charge is -2.27. The predicted octanol–water partition coefficient (Wildman–Crippen LogP) is 5.28. The molecule has 2 atom stereocenters. The molecule has 0 nitrogen and oxygen atoms in total. The van der Waals surface area contributed by atoms with Crippen molar-refractivity contribution in [3.63, 3.8) is 0 Å². The van der Waals surface area contributed by atoms with Gasteiger partial charge in [0.05, 0.1) is 0 Å². The molecule has 0 bridgehead atoms. The van der Waals surface area contributed by atoms with E-state index in [0.29, 0.717) is 5.41 Å². The maximum Gasteiger partial charge on any atom is -0.0354 e. The molecular formula is C14H30. The molecule has 0 aromatic heterocycles. The summed E-state index contributed by atoms with van der Waals surface area (Å²) in [6.07, 6.45) is 6.83. The molecule has 0 aromatic rings. The van der Waals surface area contributed by atoms with Crippen LogP contribution in [0.1, 0.15) is 73.6 Å². The average molecular weight is 198 g/mol. The van der Waals surface area contributed by atoms with E-state index in [1.54, 1.807) is 0 Å². The van der Waals surface area contributed by atoms with E-state index >= 15 is 0 Å². The Morgan fingerprint density at radius 1 is 0.929 bits per heavy atom. The van der Waals surface area contributed by atoms with Crippen molar-refractivity contribution >= 4 is 0 Å². The maximum atomic E-state index is 2.42. The second kappa shape index (κ2) is 6.48. The summed E-state index contributed by atoms with van der Waals surface area (Å²) >= 11 is 0. The summed E-state index contributed by atoms with van der Waals surface area (Å²) in [5.41, 5.74) is 0.566. The summed E-state index contributed by atoms with van der Waals surface area (Å²) in [7, 11) is 0. The first-order valence-corrected chi connectivity index (χ1v) is 6.43. The van der Waals surface area contributed by atoms with Crippen molar-refractivity contribution in [2.45, 2.75) is 73.6 Å². The molecule has 0 rings (SSSR count). The minimum atomic E-state index is 0.566. The van der Waals surface area contributed by atoms with Crippen molar-refractivity contribution in [1.82, 2.24) is 0 Å². The van der Waals surface area contributed by atoms with Gasteiger partial charge in [-0.2, -0.15) is 0 Å². The Morgan fingerprint density at radius 3 is 1.93 bits per heavy atom. The molecule has 2 unspecified atom stereocenters. The van der Waals surface area contributed by atoms with Crippen LogP contribution in [-0.4, -0.2) is 0 Å². The molecule has 0 aliphatic carbocycles. The van der Waals surface area contributed by atoms with Crippen LogP contribution in [0.25, 0.3) is 0 Å². The molecule has 0 saturated heterocycles. The highest BCUT2D eigenvalue weighted by molar-refractivity contribution is 4.71. The van der Waals surface area contributed by atoms with Crippen molar-refractivity contribution in [1.29, 1.82) is 0 Å². The molecule has 0 aliphatic heterocycles. The molecule has 0 spiro atoms. The molecular weight excluding hydrogens is 168 g/mol. The molecule has 0 aliphatic rings. The standard InChI is InChI=1S/C14H30/c1-7-10-14(5,6)11-9-13(4)12(3)8-2/h12-13H,7-11H2,1-6H3. The first-order chi connectivity index (χ1) is 6.43. The van der Waals surface area contributed by atoms with Crippen molar-refractivity contribution in [2.75, 3.05) is 0 Å². The van der Waals surface area contributed by atoms with Crippen LogP contribution in [0.4, 0.5) is 0 Å². The van der Waals surface area contributed by atoms with Crippen molar-refractivity contribution < 1.29 is 0 Å². The van der Waals surface area contributed by atoms with E-state index in [-0.39, 0.29) is 0 Å². The lowest BCUT2D eigenvalue weighted by Crippen LogP contribution is -2.15. The second-order valence-electron chi connectivity index (χ2n) is 5.82. The monoisotopic (exact) mass is 198 g/mol. The van der Waals surface area contributed by atoms with E-state index in [0.717, 1.165) is 11.8 Å². The fourth-order valence-electron chi connectivity index (χ4n) is 2.11. The Hall–Kier alpha value is 0. The highest BCUT2D eigenvalue weighted by atomic mass is 14.2. The minimum Gasteiger partial charge on any atom is -0.0654 e. The van der Waals surface area contributed by atoms with Gasteiger partial charge in [-0.05, 0) is 36.5 Å². The molecule has 86 valence electrons. The third kappa shape index (κ3) is 5.67. The Bertz CT molecular complexity index is 135. The molecule has 0 aromatic carbocycles. The Balaban J connectivity index is 3.80. The summed E-state index contributed by atoms with van der Waals surface area (Å²) in [6.45, 7) is 14.2. The number of rotatable bonds is 7. The first kappa shape index (κ1) is 14.0. The van der Waals surface area contributed by atoms with Crippen molar-refractivity contribution in [3.8, 4) is 0 Å².